The highest BCUT2D eigenvalue weighted by Gasteiger charge is 2.22. The molecular formula is C11H12N4O5S. The molecule has 2 N–H and O–H groups in total. The highest BCUT2D eigenvalue weighted by atomic mass is 32.2. The van der Waals surface area contributed by atoms with E-state index in [4.69, 9.17) is 4.42 Å². The molecule has 9 nitrogen and oxygen atoms in total. The van der Waals surface area contributed by atoms with E-state index in [-0.39, 0.29) is 22.3 Å². The van der Waals surface area contributed by atoms with Gasteiger partial charge in [-0.25, -0.2) is 13.1 Å². The van der Waals surface area contributed by atoms with Crippen LogP contribution < -0.4 is 10.0 Å². The van der Waals surface area contributed by atoms with Gasteiger partial charge in [0.05, 0.1) is 16.3 Å². The maximum atomic E-state index is 12.3. The van der Waals surface area contributed by atoms with Crippen LogP contribution in [-0.2, 0) is 10.0 Å². The summed E-state index contributed by atoms with van der Waals surface area (Å²) in [5, 5.41) is 13.3. The number of benzene rings is 1. The van der Waals surface area contributed by atoms with E-state index in [1.54, 1.807) is 6.92 Å². The first-order chi connectivity index (χ1) is 9.83. The lowest BCUT2D eigenvalue weighted by Gasteiger charge is -2.09. The van der Waals surface area contributed by atoms with E-state index in [0.717, 1.165) is 18.2 Å². The summed E-state index contributed by atoms with van der Waals surface area (Å²) < 4.78 is 31.6. The molecule has 0 saturated heterocycles. The average Bonchev–Trinajstić information content (AvgIpc) is 2.82. The number of nitrogens with zero attached hydrogens (tertiary/aromatic N) is 2. The molecule has 1 heterocycles. The maximum absolute atomic E-state index is 12.3. The summed E-state index contributed by atoms with van der Waals surface area (Å²) in [6.45, 7) is 1.65. The SMILES string of the molecule is CNc1cc([N+](=O)[O-])ccc1S(=O)(=O)Nc1nc(C)co1. The molecule has 0 aliphatic heterocycles. The molecule has 1 aromatic heterocycles. The minimum absolute atomic E-state index is 0.0972. The van der Waals surface area contributed by atoms with Crippen LogP contribution in [-0.4, -0.2) is 25.4 Å². The number of hydrogen-bond donors (Lipinski definition) is 2. The molecule has 21 heavy (non-hydrogen) atoms. The molecule has 0 bridgehead atoms. The summed E-state index contributed by atoms with van der Waals surface area (Å²) in [7, 11) is -2.51. The van der Waals surface area contributed by atoms with Gasteiger partial charge in [0.2, 0.25) is 0 Å². The van der Waals surface area contributed by atoms with Crippen LogP contribution in [0.4, 0.5) is 17.4 Å². The number of nitrogens with one attached hydrogen (secondary N) is 2. The zero-order valence-electron chi connectivity index (χ0n) is 11.2. The number of non-ortho nitro benzene ring substituents is 1. The van der Waals surface area contributed by atoms with Crippen molar-refractivity contribution in [3.8, 4) is 0 Å². The van der Waals surface area contributed by atoms with E-state index < -0.39 is 14.9 Å². The first-order valence-electron chi connectivity index (χ1n) is 5.74. The normalized spacial score (nSPS) is 11.1. The van der Waals surface area contributed by atoms with E-state index in [1.165, 1.54) is 13.3 Å². The molecule has 112 valence electrons. The van der Waals surface area contributed by atoms with Gasteiger partial charge in [0, 0.05) is 19.2 Å². The fraction of sp³-hybridized carbons (Fsp3) is 0.182. The van der Waals surface area contributed by atoms with E-state index >= 15 is 0 Å². The summed E-state index contributed by atoms with van der Waals surface area (Å²) in [6, 6.07) is 3.21. The summed E-state index contributed by atoms with van der Waals surface area (Å²) in [6.07, 6.45) is 1.30. The highest BCUT2D eigenvalue weighted by Crippen LogP contribution is 2.27. The number of rotatable bonds is 5. The fourth-order valence-corrected chi connectivity index (χ4v) is 2.76. The summed E-state index contributed by atoms with van der Waals surface area (Å²) in [4.78, 5) is 13.8. The maximum Gasteiger partial charge on any atom is 0.309 e. The Hall–Kier alpha value is -2.62. The highest BCUT2D eigenvalue weighted by molar-refractivity contribution is 7.92. The monoisotopic (exact) mass is 312 g/mol. The van der Waals surface area contributed by atoms with Gasteiger partial charge in [0.25, 0.3) is 15.7 Å². The zero-order chi connectivity index (χ0) is 15.6. The van der Waals surface area contributed by atoms with Gasteiger partial charge in [-0.3, -0.25) is 10.1 Å². The molecule has 1 aromatic carbocycles. The Kier molecular flexibility index (Phi) is 3.80. The number of sulfonamides is 1. The van der Waals surface area contributed by atoms with E-state index in [9.17, 15) is 18.5 Å². The lowest BCUT2D eigenvalue weighted by atomic mass is 10.3. The molecule has 0 aliphatic rings. The van der Waals surface area contributed by atoms with Crippen molar-refractivity contribution in [3.05, 3.63) is 40.3 Å². The van der Waals surface area contributed by atoms with Gasteiger partial charge >= 0.3 is 6.01 Å². The van der Waals surface area contributed by atoms with Crippen LogP contribution in [0.5, 0.6) is 0 Å². The number of anilines is 2. The minimum atomic E-state index is -3.98. The van der Waals surface area contributed by atoms with Gasteiger partial charge in [-0.1, -0.05) is 0 Å². The van der Waals surface area contributed by atoms with Crippen LogP contribution in [0.2, 0.25) is 0 Å². The van der Waals surface area contributed by atoms with Crippen LogP contribution in [0.15, 0.2) is 33.8 Å². The van der Waals surface area contributed by atoms with Crippen LogP contribution in [0.1, 0.15) is 5.69 Å². The Morgan fingerprint density at radius 3 is 2.62 bits per heavy atom. The van der Waals surface area contributed by atoms with Gasteiger partial charge in [0.1, 0.15) is 11.2 Å². The van der Waals surface area contributed by atoms with Gasteiger partial charge in [-0.15, -0.1) is 0 Å². The molecule has 0 radical (unpaired) electrons. The Morgan fingerprint density at radius 1 is 1.38 bits per heavy atom. The van der Waals surface area contributed by atoms with E-state index in [0.29, 0.717) is 5.69 Å². The lowest BCUT2D eigenvalue weighted by molar-refractivity contribution is -0.384. The smallest absolute Gasteiger partial charge is 0.309 e. The molecule has 0 spiro atoms. The van der Waals surface area contributed by atoms with E-state index in [2.05, 4.69) is 15.0 Å². The number of nitro benzene ring substituents is 1. The fourth-order valence-electron chi connectivity index (χ4n) is 1.63. The summed E-state index contributed by atoms with van der Waals surface area (Å²) >= 11 is 0. The standard InChI is InChI=1S/C11H12N4O5S/c1-7-6-20-11(13-7)14-21(18,19)10-4-3-8(15(16)17)5-9(10)12-2/h3-6,12H,1-2H3,(H,13,14). The van der Waals surface area contributed by atoms with Crippen molar-refractivity contribution in [3.63, 3.8) is 0 Å². The van der Waals surface area contributed by atoms with Gasteiger partial charge in [-0.2, -0.15) is 4.98 Å². The molecule has 0 saturated carbocycles. The Labute approximate surface area is 120 Å². The molecule has 0 aliphatic carbocycles. The molecular weight excluding hydrogens is 300 g/mol. The Balaban J connectivity index is 2.42. The van der Waals surface area contributed by atoms with Crippen molar-refractivity contribution >= 4 is 27.4 Å². The lowest BCUT2D eigenvalue weighted by Crippen LogP contribution is -2.15. The van der Waals surface area contributed by atoms with Crippen LogP contribution >= 0.6 is 0 Å². The Bertz CT molecular complexity index is 784. The third-order valence-electron chi connectivity index (χ3n) is 2.57. The third-order valence-corrected chi connectivity index (χ3v) is 3.95. The van der Waals surface area contributed by atoms with E-state index in [1.807, 2.05) is 0 Å². The quantitative estimate of drug-likeness (QED) is 0.635. The second-order valence-corrected chi connectivity index (χ2v) is 5.74. The van der Waals surface area contributed by atoms with Crippen molar-refractivity contribution in [1.82, 2.24) is 4.98 Å². The number of oxazole rings is 1. The van der Waals surface area contributed by atoms with Crippen molar-refractivity contribution < 1.29 is 17.8 Å². The molecule has 2 rings (SSSR count). The molecule has 0 unspecified atom stereocenters. The number of aromatic nitrogens is 1. The Morgan fingerprint density at radius 2 is 2.10 bits per heavy atom. The predicted molar refractivity (Wildman–Crippen MR) is 74.7 cm³/mol. The summed E-state index contributed by atoms with van der Waals surface area (Å²) in [5.74, 6) is 0. The zero-order valence-corrected chi connectivity index (χ0v) is 12.0. The number of nitro groups is 1. The van der Waals surface area contributed by atoms with Gasteiger partial charge in [0.15, 0.2) is 0 Å². The third kappa shape index (κ3) is 3.11. The first-order valence-corrected chi connectivity index (χ1v) is 7.23. The second-order valence-electron chi connectivity index (χ2n) is 4.09. The molecule has 0 amide bonds. The van der Waals surface area contributed by atoms with Crippen LogP contribution in [0.25, 0.3) is 0 Å². The number of aryl methyl sites for hydroxylation is 1. The largest absolute Gasteiger partial charge is 0.431 e. The number of hydrogen-bond acceptors (Lipinski definition) is 7. The van der Waals surface area contributed by atoms with Crippen molar-refractivity contribution in [1.29, 1.82) is 0 Å². The van der Waals surface area contributed by atoms with Gasteiger partial charge in [-0.05, 0) is 13.0 Å². The predicted octanol–water partition coefficient (Wildman–Crippen LogP) is 1.73. The van der Waals surface area contributed by atoms with Crippen LogP contribution in [0, 0.1) is 17.0 Å². The molecule has 0 fully saturated rings. The van der Waals surface area contributed by atoms with Crippen molar-refractivity contribution in [2.24, 2.45) is 0 Å². The van der Waals surface area contributed by atoms with Crippen LogP contribution in [0.3, 0.4) is 0 Å². The summed E-state index contributed by atoms with van der Waals surface area (Å²) in [5.41, 5.74) is 0.399. The topological polar surface area (TPSA) is 127 Å². The van der Waals surface area contributed by atoms with Gasteiger partial charge < -0.3 is 9.73 Å². The second kappa shape index (κ2) is 5.40. The molecule has 10 heteroatoms. The first kappa shape index (κ1) is 14.8. The van der Waals surface area contributed by atoms with Crippen molar-refractivity contribution in [2.45, 2.75) is 11.8 Å². The minimum Gasteiger partial charge on any atom is -0.431 e. The van der Waals surface area contributed by atoms with Crippen molar-refractivity contribution in [2.75, 3.05) is 17.1 Å². The average molecular weight is 312 g/mol. The molecule has 0 atom stereocenters. The molecule has 2 aromatic rings.